The Morgan fingerprint density at radius 3 is 2.80 bits per heavy atom. The number of aromatic nitrogens is 2. The molecule has 0 radical (unpaired) electrons. The van der Waals surface area contributed by atoms with Crippen molar-refractivity contribution in [2.45, 2.75) is 39.7 Å². The zero-order valence-corrected chi connectivity index (χ0v) is 17.9. The van der Waals surface area contributed by atoms with Crippen LogP contribution in [0, 0.1) is 0 Å². The molecule has 0 saturated carbocycles. The van der Waals surface area contributed by atoms with E-state index in [9.17, 15) is 14.4 Å². The lowest BCUT2D eigenvalue weighted by Gasteiger charge is -2.19. The van der Waals surface area contributed by atoms with Crippen LogP contribution in [0.2, 0.25) is 0 Å². The molecule has 3 aromatic rings. The van der Waals surface area contributed by atoms with Crippen LogP contribution in [0.25, 0.3) is 10.2 Å². The molecule has 1 aliphatic rings. The molecule has 4 rings (SSSR count). The zero-order chi connectivity index (χ0) is 21.3. The minimum Gasteiger partial charge on any atom is -0.339 e. The molecule has 1 aromatic carbocycles. The van der Waals surface area contributed by atoms with Gasteiger partial charge in [0.05, 0.1) is 11.7 Å². The lowest BCUT2D eigenvalue weighted by atomic mass is 10.1. The highest BCUT2D eigenvalue weighted by atomic mass is 32.1. The van der Waals surface area contributed by atoms with Crippen molar-refractivity contribution in [2.24, 2.45) is 0 Å². The topological polar surface area (TPSA) is 84.3 Å². The van der Waals surface area contributed by atoms with Crippen molar-refractivity contribution >= 4 is 39.1 Å². The number of anilines is 1. The predicted molar refractivity (Wildman–Crippen MR) is 118 cm³/mol. The van der Waals surface area contributed by atoms with Gasteiger partial charge in [0.25, 0.3) is 11.5 Å². The molecule has 2 amide bonds. The maximum Gasteiger partial charge on any atom is 0.262 e. The molecule has 0 aliphatic heterocycles. The van der Waals surface area contributed by atoms with Crippen molar-refractivity contribution in [2.75, 3.05) is 18.4 Å². The molecule has 8 heteroatoms. The van der Waals surface area contributed by atoms with Crippen LogP contribution in [-0.2, 0) is 24.2 Å². The molecule has 0 saturated heterocycles. The van der Waals surface area contributed by atoms with Gasteiger partial charge in [-0.05, 0) is 56.9 Å². The number of benzene rings is 1. The number of fused-ring (bicyclic) bond motifs is 3. The first kappa shape index (κ1) is 20.3. The van der Waals surface area contributed by atoms with Crippen molar-refractivity contribution in [1.82, 2.24) is 14.5 Å². The number of rotatable bonds is 6. The Kier molecular flexibility index (Phi) is 5.67. The zero-order valence-electron chi connectivity index (χ0n) is 17.1. The summed E-state index contributed by atoms with van der Waals surface area (Å²) in [7, 11) is 0. The molecule has 0 unspecified atom stereocenters. The van der Waals surface area contributed by atoms with E-state index in [1.54, 1.807) is 40.5 Å². The molecule has 0 bridgehead atoms. The van der Waals surface area contributed by atoms with E-state index in [2.05, 4.69) is 10.3 Å². The number of carbonyl (C=O) groups excluding carboxylic acids is 2. The number of nitrogens with one attached hydrogen (secondary N) is 1. The molecular weight excluding hydrogens is 400 g/mol. The Labute approximate surface area is 178 Å². The van der Waals surface area contributed by atoms with Gasteiger partial charge in [-0.1, -0.05) is 6.07 Å². The van der Waals surface area contributed by atoms with Gasteiger partial charge in [-0.15, -0.1) is 11.3 Å². The molecule has 156 valence electrons. The molecule has 2 aromatic heterocycles. The van der Waals surface area contributed by atoms with Crippen LogP contribution in [0.4, 0.5) is 5.69 Å². The fourth-order valence-electron chi connectivity index (χ4n) is 3.91. The smallest absolute Gasteiger partial charge is 0.262 e. The highest BCUT2D eigenvalue weighted by molar-refractivity contribution is 7.18. The van der Waals surface area contributed by atoms with Crippen LogP contribution >= 0.6 is 11.3 Å². The van der Waals surface area contributed by atoms with Gasteiger partial charge in [0.15, 0.2) is 0 Å². The Balaban J connectivity index is 1.52. The summed E-state index contributed by atoms with van der Waals surface area (Å²) in [6.07, 6.45) is 4.40. The van der Waals surface area contributed by atoms with Gasteiger partial charge >= 0.3 is 0 Å². The van der Waals surface area contributed by atoms with Crippen LogP contribution in [0.15, 0.2) is 35.4 Å². The molecule has 0 spiro atoms. The van der Waals surface area contributed by atoms with Gasteiger partial charge in [0.1, 0.15) is 11.4 Å². The maximum atomic E-state index is 12.9. The lowest BCUT2D eigenvalue weighted by Crippen LogP contribution is -2.30. The average molecular weight is 425 g/mol. The number of aryl methyl sites for hydroxylation is 2. The van der Waals surface area contributed by atoms with Gasteiger partial charge < -0.3 is 10.2 Å². The molecule has 30 heavy (non-hydrogen) atoms. The first-order valence-corrected chi connectivity index (χ1v) is 11.0. The number of carbonyl (C=O) groups is 2. The van der Waals surface area contributed by atoms with E-state index in [1.807, 2.05) is 13.8 Å². The van der Waals surface area contributed by atoms with Crippen LogP contribution in [0.1, 0.15) is 41.1 Å². The standard InChI is InChI=1S/C22H24N4O3S/c1-3-25(4-2)21(28)14-7-5-8-15(11-14)24-18(27)12-26-13-23-20-19(22(26)29)16-9-6-10-17(16)30-20/h5,7-8,11,13H,3-4,6,9-10,12H2,1-2H3,(H,24,27). The van der Waals surface area contributed by atoms with E-state index >= 15 is 0 Å². The fraction of sp³-hybridized carbons (Fsp3) is 0.364. The second-order valence-corrected chi connectivity index (χ2v) is 8.41. The lowest BCUT2D eigenvalue weighted by molar-refractivity contribution is -0.116. The van der Waals surface area contributed by atoms with Crippen molar-refractivity contribution in [3.8, 4) is 0 Å². The van der Waals surface area contributed by atoms with Crippen molar-refractivity contribution in [1.29, 1.82) is 0 Å². The summed E-state index contributed by atoms with van der Waals surface area (Å²) >= 11 is 1.58. The summed E-state index contributed by atoms with van der Waals surface area (Å²) in [5.41, 5.74) is 1.98. The Morgan fingerprint density at radius 1 is 1.23 bits per heavy atom. The molecule has 7 nitrogen and oxygen atoms in total. The largest absolute Gasteiger partial charge is 0.339 e. The first-order valence-electron chi connectivity index (χ1n) is 10.2. The van der Waals surface area contributed by atoms with Gasteiger partial charge in [0.2, 0.25) is 5.91 Å². The summed E-state index contributed by atoms with van der Waals surface area (Å²) in [6, 6.07) is 6.86. The number of hydrogen-bond acceptors (Lipinski definition) is 5. The van der Waals surface area contributed by atoms with E-state index in [1.165, 1.54) is 15.8 Å². The normalized spacial score (nSPS) is 12.7. The van der Waals surface area contributed by atoms with Gasteiger partial charge in [-0.25, -0.2) is 4.98 Å². The monoisotopic (exact) mass is 424 g/mol. The highest BCUT2D eigenvalue weighted by Crippen LogP contribution is 2.34. The number of thiophene rings is 1. The minimum absolute atomic E-state index is 0.0757. The van der Waals surface area contributed by atoms with Crippen LogP contribution in [-0.4, -0.2) is 39.4 Å². The predicted octanol–water partition coefficient (Wildman–Crippen LogP) is 3.07. The number of hydrogen-bond donors (Lipinski definition) is 1. The second-order valence-electron chi connectivity index (χ2n) is 7.32. The SMILES string of the molecule is CCN(CC)C(=O)c1cccc(NC(=O)Cn2cnc3sc4c(c3c2=O)CCC4)c1. The number of nitrogens with zero attached hydrogens (tertiary/aromatic N) is 3. The molecule has 1 aliphatic carbocycles. The number of amides is 2. The Morgan fingerprint density at radius 2 is 2.03 bits per heavy atom. The van der Waals surface area contributed by atoms with Crippen molar-refractivity contribution < 1.29 is 9.59 Å². The Hall–Kier alpha value is -3.00. The van der Waals surface area contributed by atoms with Crippen molar-refractivity contribution in [3.05, 3.63) is 57.0 Å². The summed E-state index contributed by atoms with van der Waals surface area (Å²) in [5.74, 6) is -0.411. The molecular formula is C22H24N4O3S. The van der Waals surface area contributed by atoms with Gasteiger partial charge in [0, 0.05) is 29.2 Å². The second kappa shape index (κ2) is 8.39. The van der Waals surface area contributed by atoms with Crippen molar-refractivity contribution in [3.63, 3.8) is 0 Å². The maximum absolute atomic E-state index is 12.9. The third-order valence-corrected chi connectivity index (χ3v) is 6.65. The molecule has 1 N–H and O–H groups in total. The van der Waals surface area contributed by atoms with Crippen LogP contribution in [0.3, 0.4) is 0 Å². The highest BCUT2D eigenvalue weighted by Gasteiger charge is 2.21. The third-order valence-electron chi connectivity index (χ3n) is 5.45. The van der Waals surface area contributed by atoms with Gasteiger partial charge in [-0.2, -0.15) is 0 Å². The fourth-order valence-corrected chi connectivity index (χ4v) is 5.13. The van der Waals surface area contributed by atoms with E-state index in [-0.39, 0.29) is 23.9 Å². The molecule has 2 heterocycles. The molecule has 0 atom stereocenters. The summed E-state index contributed by atoms with van der Waals surface area (Å²) in [4.78, 5) is 46.1. The van der Waals surface area contributed by atoms with Crippen LogP contribution in [0.5, 0.6) is 0 Å². The van der Waals surface area contributed by atoms with Gasteiger partial charge in [-0.3, -0.25) is 19.0 Å². The summed E-state index contributed by atoms with van der Waals surface area (Å²) in [6.45, 7) is 4.98. The third kappa shape index (κ3) is 3.75. The van der Waals surface area contributed by atoms with Crippen LogP contribution < -0.4 is 10.9 Å². The minimum atomic E-state index is -0.336. The first-order chi connectivity index (χ1) is 14.5. The average Bonchev–Trinajstić information content (AvgIpc) is 3.32. The van der Waals surface area contributed by atoms with E-state index < -0.39 is 0 Å². The summed E-state index contributed by atoms with van der Waals surface area (Å²) in [5, 5.41) is 3.45. The Bertz CT molecular complexity index is 1180. The van der Waals surface area contributed by atoms with E-state index in [4.69, 9.17) is 0 Å². The van der Waals surface area contributed by atoms with E-state index in [0.717, 1.165) is 29.7 Å². The summed E-state index contributed by atoms with van der Waals surface area (Å²) < 4.78 is 1.36. The molecule has 0 fully saturated rings. The van der Waals surface area contributed by atoms with E-state index in [0.29, 0.717) is 29.7 Å². The quantitative estimate of drug-likeness (QED) is 0.659.